The molecule has 0 bridgehead atoms. The van der Waals surface area contributed by atoms with Gasteiger partial charge in [-0.15, -0.1) is 36.2 Å². The SMILES string of the molecule is CCN(C)/C=N\c1cc(C)c(Cc2nc(-c3ncc(C)cn3)cs2)cc1C.Cl.Cl. The Morgan fingerprint density at radius 3 is 2.41 bits per heavy atom. The molecular weight excluding hydrogens is 425 g/mol. The first-order valence-electron chi connectivity index (χ1n) is 9.04. The van der Waals surface area contributed by atoms with E-state index in [1.165, 1.54) is 16.7 Å². The van der Waals surface area contributed by atoms with Crippen LogP contribution in [0.5, 0.6) is 0 Å². The lowest BCUT2D eigenvalue weighted by molar-refractivity contribution is 0.552. The second-order valence-corrected chi connectivity index (χ2v) is 7.71. The fourth-order valence-corrected chi connectivity index (χ4v) is 3.41. The monoisotopic (exact) mass is 451 g/mol. The summed E-state index contributed by atoms with van der Waals surface area (Å²) >= 11 is 1.65. The number of aryl methyl sites for hydroxylation is 3. The third kappa shape index (κ3) is 6.49. The van der Waals surface area contributed by atoms with Gasteiger partial charge in [0, 0.05) is 37.8 Å². The van der Waals surface area contributed by atoms with Gasteiger partial charge in [0.1, 0.15) is 5.69 Å². The number of hydrogen-bond donors (Lipinski definition) is 0. The number of nitrogens with zero attached hydrogens (tertiary/aromatic N) is 5. The summed E-state index contributed by atoms with van der Waals surface area (Å²) in [4.78, 5) is 20.1. The molecule has 1 aromatic carbocycles. The Kier molecular flexibility index (Phi) is 9.70. The zero-order chi connectivity index (χ0) is 19.4. The highest BCUT2D eigenvalue weighted by Gasteiger charge is 2.10. The second-order valence-electron chi connectivity index (χ2n) is 6.77. The number of thiazole rings is 1. The molecule has 156 valence electrons. The Morgan fingerprint density at radius 2 is 1.76 bits per heavy atom. The van der Waals surface area contributed by atoms with Crippen LogP contribution >= 0.6 is 36.2 Å². The second kappa shape index (κ2) is 11.2. The van der Waals surface area contributed by atoms with Gasteiger partial charge >= 0.3 is 0 Å². The first-order valence-corrected chi connectivity index (χ1v) is 9.92. The minimum atomic E-state index is 0. The predicted octanol–water partition coefficient (Wildman–Crippen LogP) is 5.57. The molecule has 0 aliphatic carbocycles. The molecule has 3 rings (SSSR count). The van der Waals surface area contributed by atoms with Crippen molar-refractivity contribution in [3.8, 4) is 11.5 Å². The van der Waals surface area contributed by atoms with Gasteiger partial charge in [-0.2, -0.15) is 0 Å². The van der Waals surface area contributed by atoms with Gasteiger partial charge in [0.05, 0.1) is 17.0 Å². The molecule has 0 amide bonds. The third-order valence-corrected chi connectivity index (χ3v) is 5.30. The van der Waals surface area contributed by atoms with E-state index in [1.54, 1.807) is 11.3 Å². The minimum absolute atomic E-state index is 0. The Morgan fingerprint density at radius 1 is 1.07 bits per heavy atom. The first-order chi connectivity index (χ1) is 13.0. The molecule has 0 spiro atoms. The Bertz CT molecular complexity index is 954. The molecule has 29 heavy (non-hydrogen) atoms. The number of benzene rings is 1. The van der Waals surface area contributed by atoms with Crippen molar-refractivity contribution in [2.24, 2.45) is 4.99 Å². The summed E-state index contributed by atoms with van der Waals surface area (Å²) in [5, 5.41) is 3.10. The number of halogens is 2. The van der Waals surface area contributed by atoms with E-state index in [0.29, 0.717) is 5.82 Å². The van der Waals surface area contributed by atoms with Crippen molar-refractivity contribution < 1.29 is 0 Å². The summed E-state index contributed by atoms with van der Waals surface area (Å²) in [7, 11) is 2.03. The molecule has 0 N–H and O–H groups in total. The van der Waals surface area contributed by atoms with E-state index in [0.717, 1.165) is 34.9 Å². The highest BCUT2D eigenvalue weighted by Crippen LogP contribution is 2.27. The van der Waals surface area contributed by atoms with Crippen LogP contribution in [0.3, 0.4) is 0 Å². The molecule has 3 aromatic rings. The minimum Gasteiger partial charge on any atom is -0.366 e. The Hall–Kier alpha value is -2.02. The number of hydrogen-bond acceptors (Lipinski definition) is 5. The van der Waals surface area contributed by atoms with Crippen LogP contribution < -0.4 is 0 Å². The number of aromatic nitrogens is 3. The summed E-state index contributed by atoms with van der Waals surface area (Å²) < 4.78 is 0. The van der Waals surface area contributed by atoms with E-state index < -0.39 is 0 Å². The molecule has 0 aliphatic rings. The quantitative estimate of drug-likeness (QED) is 0.362. The average molecular weight is 452 g/mol. The Balaban J connectivity index is 0.00000210. The van der Waals surface area contributed by atoms with E-state index in [1.807, 2.05) is 38.1 Å². The van der Waals surface area contributed by atoms with Gasteiger partial charge in [-0.25, -0.2) is 19.9 Å². The van der Waals surface area contributed by atoms with Gasteiger partial charge in [0.15, 0.2) is 5.82 Å². The smallest absolute Gasteiger partial charge is 0.178 e. The standard InChI is InChI=1S/C21H25N5S.2ClH/c1-6-26(5)13-24-18-8-15(3)17(7-16(18)4)9-20-25-19(12-27-20)21-22-10-14(2)11-23-21;;/h7-8,10-13H,6,9H2,1-5H3;2*1H/b24-13-;;. The summed E-state index contributed by atoms with van der Waals surface area (Å²) in [6.45, 7) is 9.27. The van der Waals surface area contributed by atoms with Crippen molar-refractivity contribution in [3.05, 3.63) is 57.2 Å². The van der Waals surface area contributed by atoms with E-state index >= 15 is 0 Å². The van der Waals surface area contributed by atoms with Gasteiger partial charge in [-0.3, -0.25) is 0 Å². The lowest BCUT2D eigenvalue weighted by Gasteiger charge is -2.11. The zero-order valence-corrected chi connectivity index (χ0v) is 19.8. The maximum atomic E-state index is 4.73. The van der Waals surface area contributed by atoms with Gasteiger partial charge in [0.25, 0.3) is 0 Å². The zero-order valence-electron chi connectivity index (χ0n) is 17.3. The van der Waals surface area contributed by atoms with Crippen LogP contribution in [0.2, 0.25) is 0 Å². The van der Waals surface area contributed by atoms with Gasteiger partial charge in [-0.05, 0) is 56.0 Å². The van der Waals surface area contributed by atoms with E-state index in [-0.39, 0.29) is 24.8 Å². The van der Waals surface area contributed by atoms with Crippen LogP contribution in [0.15, 0.2) is 34.9 Å². The molecule has 0 saturated carbocycles. The average Bonchev–Trinajstić information content (AvgIpc) is 3.12. The van der Waals surface area contributed by atoms with Crippen LogP contribution in [-0.4, -0.2) is 39.8 Å². The van der Waals surface area contributed by atoms with Crippen molar-refractivity contribution in [3.63, 3.8) is 0 Å². The molecule has 0 aliphatic heterocycles. The summed E-state index contributed by atoms with van der Waals surface area (Å²) in [5.41, 5.74) is 6.59. The highest BCUT2D eigenvalue weighted by atomic mass is 35.5. The predicted molar refractivity (Wildman–Crippen MR) is 128 cm³/mol. The summed E-state index contributed by atoms with van der Waals surface area (Å²) in [5.74, 6) is 0.681. The summed E-state index contributed by atoms with van der Waals surface area (Å²) in [6, 6.07) is 4.37. The van der Waals surface area contributed by atoms with Crippen LogP contribution in [-0.2, 0) is 6.42 Å². The van der Waals surface area contributed by atoms with Crippen molar-refractivity contribution in [2.75, 3.05) is 13.6 Å². The molecule has 2 aromatic heterocycles. The van der Waals surface area contributed by atoms with Crippen molar-refractivity contribution in [2.45, 2.75) is 34.1 Å². The molecule has 0 unspecified atom stereocenters. The molecule has 8 heteroatoms. The fourth-order valence-electron chi connectivity index (χ4n) is 2.62. The largest absolute Gasteiger partial charge is 0.366 e. The molecule has 0 fully saturated rings. The van der Waals surface area contributed by atoms with E-state index in [9.17, 15) is 0 Å². The molecule has 2 heterocycles. The van der Waals surface area contributed by atoms with Crippen LogP contribution in [0.25, 0.3) is 11.5 Å². The maximum absolute atomic E-state index is 4.73. The lowest BCUT2D eigenvalue weighted by atomic mass is 10.0. The van der Waals surface area contributed by atoms with Crippen LogP contribution in [0, 0.1) is 20.8 Å². The van der Waals surface area contributed by atoms with E-state index in [4.69, 9.17) is 4.98 Å². The van der Waals surface area contributed by atoms with E-state index in [2.05, 4.69) is 52.8 Å². The van der Waals surface area contributed by atoms with Gasteiger partial charge in [-0.1, -0.05) is 6.07 Å². The molecule has 0 atom stereocenters. The van der Waals surface area contributed by atoms with Gasteiger partial charge in [0.2, 0.25) is 0 Å². The maximum Gasteiger partial charge on any atom is 0.178 e. The normalized spacial score (nSPS) is 10.5. The topological polar surface area (TPSA) is 54.3 Å². The van der Waals surface area contributed by atoms with Crippen LogP contribution in [0.1, 0.15) is 34.2 Å². The van der Waals surface area contributed by atoms with Crippen molar-refractivity contribution in [1.29, 1.82) is 0 Å². The lowest BCUT2D eigenvalue weighted by Crippen LogP contribution is -2.14. The van der Waals surface area contributed by atoms with Crippen LogP contribution in [0.4, 0.5) is 5.69 Å². The van der Waals surface area contributed by atoms with Crippen molar-refractivity contribution >= 4 is 48.2 Å². The van der Waals surface area contributed by atoms with Crippen molar-refractivity contribution in [1.82, 2.24) is 19.9 Å². The summed E-state index contributed by atoms with van der Waals surface area (Å²) in [6.07, 6.45) is 6.34. The molecular formula is C21H27Cl2N5S. The molecule has 0 saturated heterocycles. The highest BCUT2D eigenvalue weighted by molar-refractivity contribution is 7.10. The third-order valence-electron chi connectivity index (χ3n) is 4.45. The first kappa shape index (κ1) is 25.0. The van der Waals surface area contributed by atoms with Gasteiger partial charge < -0.3 is 4.90 Å². The number of rotatable bonds is 6. The number of aliphatic imine (C=N–C) groups is 1. The fraction of sp³-hybridized carbons (Fsp3) is 0.333. The Labute approximate surface area is 189 Å². The molecule has 0 radical (unpaired) electrons. The molecule has 5 nitrogen and oxygen atoms in total.